The van der Waals surface area contributed by atoms with Crippen molar-refractivity contribution < 1.29 is 14.1 Å². The molecule has 0 bridgehead atoms. The molecule has 0 saturated heterocycles. The number of halogens is 1. The lowest BCUT2D eigenvalue weighted by Gasteiger charge is -2.27. The molecule has 1 fully saturated rings. The van der Waals surface area contributed by atoms with Crippen molar-refractivity contribution in [3.05, 3.63) is 34.1 Å². The summed E-state index contributed by atoms with van der Waals surface area (Å²) >= 11 is 0. The average molecular weight is 281 g/mol. The fraction of sp³-hybridized carbons (Fsp3) is 0.462. The van der Waals surface area contributed by atoms with Crippen molar-refractivity contribution in [1.29, 1.82) is 0 Å². The van der Waals surface area contributed by atoms with Crippen molar-refractivity contribution in [3.8, 4) is 0 Å². The Morgan fingerprint density at radius 2 is 2.10 bits per heavy atom. The number of nitrogens with one attached hydrogen (secondary N) is 1. The summed E-state index contributed by atoms with van der Waals surface area (Å²) < 4.78 is 13.2. The Balaban J connectivity index is 2.18. The van der Waals surface area contributed by atoms with E-state index in [-0.39, 0.29) is 29.2 Å². The highest BCUT2D eigenvalue weighted by Gasteiger charge is 2.29. The van der Waals surface area contributed by atoms with Gasteiger partial charge in [0.05, 0.1) is 10.8 Å². The third-order valence-electron chi connectivity index (χ3n) is 3.57. The molecule has 1 amide bonds. The number of rotatable bonds is 3. The van der Waals surface area contributed by atoms with E-state index in [9.17, 15) is 19.3 Å². The van der Waals surface area contributed by atoms with Gasteiger partial charge in [-0.3, -0.25) is 14.9 Å². The van der Waals surface area contributed by atoms with E-state index in [1.165, 1.54) is 0 Å². The first-order valence-corrected chi connectivity index (χ1v) is 6.49. The lowest BCUT2D eigenvalue weighted by Crippen LogP contribution is -2.40. The van der Waals surface area contributed by atoms with Gasteiger partial charge in [0.1, 0.15) is 11.5 Å². The Labute approximate surface area is 115 Å². The first-order chi connectivity index (χ1) is 9.49. The second kappa shape index (κ2) is 5.96. The number of carbonyl (C=O) groups is 1. The number of hydrogen-bond acceptors (Lipinski definition) is 4. The maximum absolute atomic E-state index is 13.2. The normalized spacial score (nSPS) is 22.3. The summed E-state index contributed by atoms with van der Waals surface area (Å²) in [5, 5.41) is 13.3. The Kier molecular flexibility index (Phi) is 4.29. The van der Waals surface area contributed by atoms with Gasteiger partial charge in [-0.05, 0) is 18.9 Å². The first kappa shape index (κ1) is 14.4. The predicted molar refractivity (Wildman–Crippen MR) is 71.6 cm³/mol. The molecule has 1 aliphatic carbocycles. The van der Waals surface area contributed by atoms with Crippen LogP contribution in [0.5, 0.6) is 0 Å². The zero-order valence-corrected chi connectivity index (χ0v) is 10.8. The van der Waals surface area contributed by atoms with Crippen LogP contribution >= 0.6 is 0 Å². The zero-order chi connectivity index (χ0) is 14.7. The predicted octanol–water partition coefficient (Wildman–Crippen LogP) is 2.19. The van der Waals surface area contributed by atoms with Crippen LogP contribution in [0.3, 0.4) is 0 Å². The largest absolute Gasteiger partial charge is 0.327 e. The van der Waals surface area contributed by atoms with Crippen LogP contribution < -0.4 is 11.1 Å². The number of amides is 1. The fourth-order valence-corrected chi connectivity index (χ4v) is 2.48. The Morgan fingerprint density at radius 3 is 2.75 bits per heavy atom. The van der Waals surface area contributed by atoms with Gasteiger partial charge < -0.3 is 11.1 Å². The van der Waals surface area contributed by atoms with Gasteiger partial charge in [-0.25, -0.2) is 4.39 Å². The summed E-state index contributed by atoms with van der Waals surface area (Å²) in [5.41, 5.74) is 5.44. The molecule has 20 heavy (non-hydrogen) atoms. The Morgan fingerprint density at radius 1 is 1.40 bits per heavy atom. The summed E-state index contributed by atoms with van der Waals surface area (Å²) in [7, 11) is 0. The van der Waals surface area contributed by atoms with E-state index >= 15 is 0 Å². The first-order valence-electron chi connectivity index (χ1n) is 6.49. The van der Waals surface area contributed by atoms with Crippen molar-refractivity contribution in [2.75, 3.05) is 5.32 Å². The molecule has 2 unspecified atom stereocenters. The highest BCUT2D eigenvalue weighted by Crippen LogP contribution is 2.28. The molecular weight excluding hydrogens is 265 g/mol. The Hall–Kier alpha value is -2.02. The average Bonchev–Trinajstić information content (AvgIpc) is 2.38. The number of anilines is 1. The third-order valence-corrected chi connectivity index (χ3v) is 3.57. The second-order valence-electron chi connectivity index (χ2n) is 4.96. The molecule has 1 saturated carbocycles. The van der Waals surface area contributed by atoms with E-state index < -0.39 is 10.7 Å². The molecule has 0 radical (unpaired) electrons. The second-order valence-corrected chi connectivity index (χ2v) is 4.96. The highest BCUT2D eigenvalue weighted by molar-refractivity contribution is 5.95. The standard InChI is InChI=1S/C13H16FN3O3/c14-8-5-6-12(17(19)20)11(7-8)16-13(18)9-3-1-2-4-10(9)15/h5-7,9-10H,1-4,15H2,(H,16,18). The van der Waals surface area contributed by atoms with E-state index in [1.807, 2.05) is 0 Å². The summed E-state index contributed by atoms with van der Waals surface area (Å²) in [6.07, 6.45) is 3.28. The van der Waals surface area contributed by atoms with Crippen molar-refractivity contribution in [2.45, 2.75) is 31.7 Å². The van der Waals surface area contributed by atoms with E-state index in [0.717, 1.165) is 37.5 Å². The van der Waals surface area contributed by atoms with Crippen molar-refractivity contribution >= 4 is 17.3 Å². The molecule has 0 aliphatic heterocycles. The third kappa shape index (κ3) is 3.11. The number of hydrogen-bond donors (Lipinski definition) is 2. The number of nitrogens with two attached hydrogens (primary N) is 1. The maximum Gasteiger partial charge on any atom is 0.292 e. The van der Waals surface area contributed by atoms with Gasteiger partial charge in [0.25, 0.3) is 5.69 Å². The van der Waals surface area contributed by atoms with Gasteiger partial charge in [-0.2, -0.15) is 0 Å². The van der Waals surface area contributed by atoms with E-state index in [4.69, 9.17) is 5.73 Å². The van der Waals surface area contributed by atoms with Gasteiger partial charge in [-0.15, -0.1) is 0 Å². The number of carbonyl (C=O) groups excluding carboxylic acids is 1. The number of nitro benzene ring substituents is 1. The van der Waals surface area contributed by atoms with Crippen LogP contribution in [0.4, 0.5) is 15.8 Å². The SMILES string of the molecule is NC1CCCCC1C(=O)Nc1cc(F)ccc1[N+](=O)[O-]. The van der Waals surface area contributed by atoms with Gasteiger partial charge in [0, 0.05) is 18.2 Å². The lowest BCUT2D eigenvalue weighted by atomic mass is 9.84. The molecule has 7 heteroatoms. The molecule has 3 N–H and O–H groups in total. The van der Waals surface area contributed by atoms with Gasteiger partial charge >= 0.3 is 0 Å². The topological polar surface area (TPSA) is 98.3 Å². The molecule has 1 aromatic carbocycles. The summed E-state index contributed by atoms with van der Waals surface area (Å²) in [6, 6.07) is 2.72. The fourth-order valence-electron chi connectivity index (χ4n) is 2.48. The van der Waals surface area contributed by atoms with Crippen LogP contribution in [0.1, 0.15) is 25.7 Å². The molecule has 2 rings (SSSR count). The van der Waals surface area contributed by atoms with Crippen LogP contribution in [-0.4, -0.2) is 16.9 Å². The molecule has 0 aromatic heterocycles. The summed E-state index contributed by atoms with van der Waals surface area (Å²) in [6.45, 7) is 0. The van der Waals surface area contributed by atoms with Gasteiger partial charge in [0.15, 0.2) is 0 Å². The van der Waals surface area contributed by atoms with Crippen molar-refractivity contribution in [2.24, 2.45) is 11.7 Å². The molecule has 108 valence electrons. The number of nitro groups is 1. The summed E-state index contributed by atoms with van der Waals surface area (Å²) in [5.74, 6) is -1.41. The smallest absolute Gasteiger partial charge is 0.292 e. The van der Waals surface area contributed by atoms with E-state index in [2.05, 4.69) is 5.32 Å². The molecule has 2 atom stereocenters. The monoisotopic (exact) mass is 281 g/mol. The van der Waals surface area contributed by atoms with Crippen LogP contribution in [0.15, 0.2) is 18.2 Å². The molecular formula is C13H16FN3O3. The molecule has 0 spiro atoms. The lowest BCUT2D eigenvalue weighted by molar-refractivity contribution is -0.384. The van der Waals surface area contributed by atoms with Gasteiger partial charge in [0.2, 0.25) is 5.91 Å². The van der Waals surface area contributed by atoms with Crippen molar-refractivity contribution in [3.63, 3.8) is 0 Å². The maximum atomic E-state index is 13.2. The van der Waals surface area contributed by atoms with Crippen LogP contribution in [0.2, 0.25) is 0 Å². The molecule has 1 aliphatic rings. The molecule has 1 aromatic rings. The summed E-state index contributed by atoms with van der Waals surface area (Å²) in [4.78, 5) is 22.3. The molecule has 6 nitrogen and oxygen atoms in total. The quantitative estimate of drug-likeness (QED) is 0.655. The van der Waals surface area contributed by atoms with Gasteiger partial charge in [-0.1, -0.05) is 12.8 Å². The number of benzene rings is 1. The minimum absolute atomic E-state index is 0.127. The van der Waals surface area contributed by atoms with E-state index in [1.54, 1.807) is 0 Å². The van der Waals surface area contributed by atoms with Crippen LogP contribution in [-0.2, 0) is 4.79 Å². The minimum Gasteiger partial charge on any atom is -0.327 e. The number of nitrogens with zero attached hydrogens (tertiary/aromatic N) is 1. The van der Waals surface area contributed by atoms with Crippen molar-refractivity contribution in [1.82, 2.24) is 0 Å². The van der Waals surface area contributed by atoms with E-state index in [0.29, 0.717) is 6.42 Å². The Bertz CT molecular complexity index is 536. The molecule has 0 heterocycles. The van der Waals surface area contributed by atoms with Crippen LogP contribution in [0.25, 0.3) is 0 Å². The minimum atomic E-state index is -0.657. The zero-order valence-electron chi connectivity index (χ0n) is 10.8. The highest BCUT2D eigenvalue weighted by atomic mass is 19.1. The van der Waals surface area contributed by atoms with Crippen LogP contribution in [0, 0.1) is 21.8 Å².